The Bertz CT molecular complexity index is 1140. The van der Waals surface area contributed by atoms with Crippen LogP contribution in [0.1, 0.15) is 44.6 Å². The molecule has 1 aromatic carbocycles. The lowest BCUT2D eigenvalue weighted by molar-refractivity contribution is -0.133. The van der Waals surface area contributed by atoms with Gasteiger partial charge in [-0.3, -0.25) is 4.79 Å². The molecule has 0 aromatic heterocycles. The van der Waals surface area contributed by atoms with Gasteiger partial charge in [0.15, 0.2) is 17.1 Å². The van der Waals surface area contributed by atoms with Crippen LogP contribution in [0.3, 0.4) is 0 Å². The number of ether oxygens (including phenoxy) is 2. The summed E-state index contributed by atoms with van der Waals surface area (Å²) in [6.07, 6.45) is 12.9. The van der Waals surface area contributed by atoms with E-state index in [1.54, 1.807) is 13.2 Å². The molecule has 0 amide bonds. The summed E-state index contributed by atoms with van der Waals surface area (Å²) in [5, 5.41) is 4.17. The second kappa shape index (κ2) is 6.58. The van der Waals surface area contributed by atoms with E-state index in [-0.39, 0.29) is 34.2 Å². The molecule has 0 N–H and O–H groups in total. The lowest BCUT2D eigenvalue weighted by Crippen LogP contribution is -2.54. The quantitative estimate of drug-likeness (QED) is 0.514. The first kappa shape index (κ1) is 20.7. The molecule has 2 saturated carbocycles. The second-order valence-electron chi connectivity index (χ2n) is 10.5. The van der Waals surface area contributed by atoms with Gasteiger partial charge in [-0.15, -0.1) is 0 Å². The minimum atomic E-state index is -0.820. The van der Waals surface area contributed by atoms with Crippen molar-refractivity contribution >= 4 is 17.5 Å². The number of fused-ring (bicyclic) bond motifs is 3. The molecule has 6 heteroatoms. The summed E-state index contributed by atoms with van der Waals surface area (Å²) < 4.78 is 10.3. The number of rotatable bonds is 3. The van der Waals surface area contributed by atoms with E-state index in [1.807, 2.05) is 18.2 Å². The van der Waals surface area contributed by atoms with Gasteiger partial charge in [-0.25, -0.2) is 4.79 Å². The van der Waals surface area contributed by atoms with Gasteiger partial charge in [-0.1, -0.05) is 49.2 Å². The van der Waals surface area contributed by atoms with Gasteiger partial charge >= 0.3 is 5.97 Å². The highest BCUT2D eigenvalue weighted by Gasteiger charge is 2.81. The van der Waals surface area contributed by atoms with Crippen molar-refractivity contribution in [2.75, 3.05) is 14.2 Å². The van der Waals surface area contributed by atoms with Crippen molar-refractivity contribution in [2.45, 2.75) is 50.0 Å². The Hall–Kier alpha value is -2.89. The summed E-state index contributed by atoms with van der Waals surface area (Å²) in [5.41, 5.74) is -0.194. The van der Waals surface area contributed by atoms with Gasteiger partial charge < -0.3 is 14.3 Å². The Balaban J connectivity index is 1.56. The fourth-order valence-corrected chi connectivity index (χ4v) is 8.29. The lowest BCUT2D eigenvalue weighted by atomic mass is 9.52. The van der Waals surface area contributed by atoms with Crippen molar-refractivity contribution < 1.29 is 23.9 Å². The molecule has 33 heavy (non-hydrogen) atoms. The number of esters is 1. The first-order chi connectivity index (χ1) is 15.9. The molecular formula is C27H29NO5. The van der Waals surface area contributed by atoms with Crippen molar-refractivity contribution in [2.24, 2.45) is 27.8 Å². The van der Waals surface area contributed by atoms with E-state index in [4.69, 9.17) is 14.3 Å². The molecular weight excluding hydrogens is 418 g/mol. The van der Waals surface area contributed by atoms with Crippen molar-refractivity contribution in [1.82, 2.24) is 0 Å². The SMILES string of the molecule is COC(=O)C1=NO[C@]2(C=CC(=O)[C@@H]3[C@H]2[C@]24C=C[C@]3(c3ccc(OC)cc3)[C@@]2(C)CCCC4)C1. The molecule has 1 spiro atoms. The maximum Gasteiger partial charge on any atom is 0.356 e. The number of ketones is 1. The zero-order valence-corrected chi connectivity index (χ0v) is 19.3. The Kier molecular flexibility index (Phi) is 4.13. The Labute approximate surface area is 193 Å². The Morgan fingerprint density at radius 3 is 2.58 bits per heavy atom. The summed E-state index contributed by atoms with van der Waals surface area (Å²) in [5.74, 6) is 0.0763. The molecule has 6 nitrogen and oxygen atoms in total. The highest BCUT2D eigenvalue weighted by molar-refractivity contribution is 6.37. The highest BCUT2D eigenvalue weighted by atomic mass is 16.7. The number of hydrogen-bond donors (Lipinski definition) is 0. The van der Waals surface area contributed by atoms with Crippen LogP contribution in [0, 0.1) is 22.7 Å². The standard InChI is InChI=1S/C27H29NO5/c1-24-11-4-5-12-25(24)14-15-27(24,17-6-8-18(31-2)9-7-17)21-20(29)10-13-26(22(21)25)16-19(28-33-26)23(30)32-3/h6-10,13-15,21-22H,4-5,11-12,16H2,1-3H3/t21-,22+,24+,25+,26-,27-/m1/s1. The minimum absolute atomic E-state index is 0.106. The fraction of sp³-hybridized carbons (Fsp3) is 0.519. The molecule has 1 heterocycles. The molecule has 2 fully saturated rings. The monoisotopic (exact) mass is 447 g/mol. The van der Waals surface area contributed by atoms with E-state index in [0.29, 0.717) is 6.42 Å². The maximum atomic E-state index is 13.7. The molecule has 172 valence electrons. The number of nitrogens with zero attached hydrogens (tertiary/aromatic N) is 1. The van der Waals surface area contributed by atoms with Crippen LogP contribution < -0.4 is 4.74 Å². The molecule has 5 aliphatic rings. The Morgan fingerprint density at radius 2 is 1.85 bits per heavy atom. The van der Waals surface area contributed by atoms with E-state index in [2.05, 4.69) is 36.4 Å². The normalized spacial score (nSPS) is 42.0. The third-order valence-corrected chi connectivity index (χ3v) is 9.60. The van der Waals surface area contributed by atoms with Crippen molar-refractivity contribution in [3.63, 3.8) is 0 Å². The zero-order chi connectivity index (χ0) is 23.1. The summed E-state index contributed by atoms with van der Waals surface area (Å²) in [6.45, 7) is 2.37. The Morgan fingerprint density at radius 1 is 1.09 bits per heavy atom. The van der Waals surface area contributed by atoms with Crippen LogP contribution in [0.15, 0.2) is 53.7 Å². The predicted molar refractivity (Wildman–Crippen MR) is 122 cm³/mol. The van der Waals surface area contributed by atoms with Crippen LogP contribution in [0.2, 0.25) is 0 Å². The summed E-state index contributed by atoms with van der Waals surface area (Å²) in [7, 11) is 3.02. The first-order valence-corrected chi connectivity index (χ1v) is 11.8. The van der Waals surface area contributed by atoms with Gasteiger partial charge in [-0.05, 0) is 48.1 Å². The topological polar surface area (TPSA) is 74.2 Å². The number of benzene rings is 1. The van der Waals surface area contributed by atoms with E-state index in [9.17, 15) is 9.59 Å². The van der Waals surface area contributed by atoms with Crippen molar-refractivity contribution in [1.29, 1.82) is 0 Å². The summed E-state index contributed by atoms with van der Waals surface area (Å²) >= 11 is 0. The van der Waals surface area contributed by atoms with Crippen LogP contribution in [0.25, 0.3) is 0 Å². The number of oxime groups is 1. The summed E-state index contributed by atoms with van der Waals surface area (Å²) in [4.78, 5) is 32.2. The predicted octanol–water partition coefficient (Wildman–Crippen LogP) is 4.14. The lowest BCUT2D eigenvalue weighted by Gasteiger charge is -2.52. The minimum Gasteiger partial charge on any atom is -0.497 e. The largest absolute Gasteiger partial charge is 0.497 e. The third kappa shape index (κ3) is 2.22. The zero-order valence-electron chi connectivity index (χ0n) is 19.3. The first-order valence-electron chi connectivity index (χ1n) is 11.8. The molecule has 0 radical (unpaired) electrons. The molecule has 6 rings (SSSR count). The second-order valence-corrected chi connectivity index (χ2v) is 10.5. The molecule has 1 aromatic rings. The van der Waals surface area contributed by atoms with Gasteiger partial charge in [0.25, 0.3) is 0 Å². The van der Waals surface area contributed by atoms with E-state index >= 15 is 0 Å². The number of hydrogen-bond acceptors (Lipinski definition) is 6. The molecule has 4 aliphatic carbocycles. The van der Waals surface area contributed by atoms with E-state index in [1.165, 1.54) is 7.11 Å². The third-order valence-electron chi connectivity index (χ3n) is 9.60. The van der Waals surface area contributed by atoms with Crippen LogP contribution in [0.5, 0.6) is 5.75 Å². The molecule has 0 unspecified atom stereocenters. The molecule has 2 bridgehead atoms. The molecule has 0 saturated heterocycles. The number of carbonyl (C=O) groups is 2. The van der Waals surface area contributed by atoms with Crippen LogP contribution in [-0.2, 0) is 24.6 Å². The molecule has 6 atom stereocenters. The maximum absolute atomic E-state index is 13.7. The number of carbonyl (C=O) groups excluding carboxylic acids is 2. The van der Waals surface area contributed by atoms with Gasteiger partial charge in [-0.2, -0.15) is 0 Å². The smallest absolute Gasteiger partial charge is 0.356 e. The highest BCUT2D eigenvalue weighted by Crippen LogP contribution is 2.81. The van der Waals surface area contributed by atoms with E-state index in [0.717, 1.165) is 37.0 Å². The average molecular weight is 448 g/mol. The van der Waals surface area contributed by atoms with E-state index < -0.39 is 17.0 Å². The van der Waals surface area contributed by atoms with Crippen LogP contribution in [-0.4, -0.2) is 37.3 Å². The van der Waals surface area contributed by atoms with Crippen LogP contribution >= 0.6 is 0 Å². The van der Waals surface area contributed by atoms with Gasteiger partial charge in [0.2, 0.25) is 0 Å². The van der Waals surface area contributed by atoms with Crippen LogP contribution in [0.4, 0.5) is 0 Å². The van der Waals surface area contributed by atoms with Gasteiger partial charge in [0.05, 0.1) is 14.2 Å². The summed E-state index contributed by atoms with van der Waals surface area (Å²) in [6, 6.07) is 8.21. The van der Waals surface area contributed by atoms with Crippen molar-refractivity contribution in [3.05, 3.63) is 54.1 Å². The average Bonchev–Trinajstić information content (AvgIpc) is 3.45. The fourth-order valence-electron chi connectivity index (χ4n) is 8.29. The number of allylic oxidation sites excluding steroid dienone is 3. The number of methoxy groups -OCH3 is 2. The van der Waals surface area contributed by atoms with Gasteiger partial charge in [0, 0.05) is 29.1 Å². The molecule has 1 aliphatic heterocycles. The van der Waals surface area contributed by atoms with Crippen molar-refractivity contribution in [3.8, 4) is 5.75 Å². The van der Waals surface area contributed by atoms with Gasteiger partial charge in [0.1, 0.15) is 5.75 Å².